The van der Waals surface area contributed by atoms with E-state index in [1.165, 1.54) is 6.42 Å². The molecule has 2 aliphatic rings. The summed E-state index contributed by atoms with van der Waals surface area (Å²) in [4.78, 5) is 16.4. The molecule has 0 bridgehead atoms. The lowest BCUT2D eigenvalue weighted by atomic mass is 9.89. The molecule has 0 saturated carbocycles. The van der Waals surface area contributed by atoms with Crippen molar-refractivity contribution in [2.45, 2.75) is 45.1 Å². The van der Waals surface area contributed by atoms with Gasteiger partial charge in [0.05, 0.1) is 0 Å². The summed E-state index contributed by atoms with van der Waals surface area (Å²) in [5.41, 5.74) is 5.83. The minimum Gasteiger partial charge on any atom is -0.328 e. The number of likely N-dealkylation sites (tertiary alicyclic amines) is 2. The normalized spacial score (nSPS) is 29.8. The topological polar surface area (TPSA) is 49.6 Å². The number of hydrogen-bond acceptors (Lipinski definition) is 2. The van der Waals surface area contributed by atoms with Gasteiger partial charge in [-0.1, -0.05) is 13.3 Å². The zero-order valence-corrected chi connectivity index (χ0v) is 10.9. The monoisotopic (exact) mass is 239 g/mol. The van der Waals surface area contributed by atoms with Crippen molar-refractivity contribution >= 4 is 6.03 Å². The molecule has 17 heavy (non-hydrogen) atoms. The van der Waals surface area contributed by atoms with Gasteiger partial charge in [0.25, 0.3) is 0 Å². The van der Waals surface area contributed by atoms with E-state index in [-0.39, 0.29) is 12.1 Å². The third kappa shape index (κ3) is 2.73. The van der Waals surface area contributed by atoms with E-state index in [1.807, 2.05) is 9.80 Å². The first kappa shape index (κ1) is 12.7. The van der Waals surface area contributed by atoms with Crippen LogP contribution in [0.15, 0.2) is 0 Å². The molecule has 98 valence electrons. The number of urea groups is 1. The Hall–Kier alpha value is -0.770. The first-order valence-corrected chi connectivity index (χ1v) is 7.01. The molecule has 2 saturated heterocycles. The average molecular weight is 239 g/mol. The summed E-state index contributed by atoms with van der Waals surface area (Å²) >= 11 is 0. The Kier molecular flexibility index (Phi) is 4.26. The van der Waals surface area contributed by atoms with Crippen LogP contribution in [-0.2, 0) is 0 Å². The van der Waals surface area contributed by atoms with Crippen LogP contribution in [0.3, 0.4) is 0 Å². The van der Waals surface area contributed by atoms with Gasteiger partial charge in [-0.15, -0.1) is 0 Å². The lowest BCUT2D eigenvalue weighted by Crippen LogP contribution is -2.53. The van der Waals surface area contributed by atoms with Crippen LogP contribution in [0.5, 0.6) is 0 Å². The SMILES string of the molecule is CCC1CCN(C(=O)N2CCCC2)C(CN)C1. The standard InChI is InChI=1S/C13H25N3O/c1-2-11-5-8-16(12(9-11)10-14)13(17)15-6-3-4-7-15/h11-12H,2-10,14H2,1H3. The summed E-state index contributed by atoms with van der Waals surface area (Å²) in [5.74, 6) is 0.756. The van der Waals surface area contributed by atoms with E-state index in [0.717, 1.165) is 51.2 Å². The van der Waals surface area contributed by atoms with Crippen molar-refractivity contribution in [1.82, 2.24) is 9.80 Å². The van der Waals surface area contributed by atoms with Crippen LogP contribution in [0.2, 0.25) is 0 Å². The van der Waals surface area contributed by atoms with Gasteiger partial charge in [-0.3, -0.25) is 0 Å². The van der Waals surface area contributed by atoms with Crippen LogP contribution in [-0.4, -0.2) is 48.1 Å². The fourth-order valence-electron chi connectivity index (χ4n) is 3.07. The Labute approximate surface area is 104 Å². The van der Waals surface area contributed by atoms with Gasteiger partial charge >= 0.3 is 6.03 Å². The van der Waals surface area contributed by atoms with E-state index in [1.54, 1.807) is 0 Å². The molecule has 0 spiro atoms. The summed E-state index contributed by atoms with van der Waals surface area (Å²) in [6.45, 7) is 5.61. The van der Waals surface area contributed by atoms with E-state index < -0.39 is 0 Å². The van der Waals surface area contributed by atoms with Gasteiger partial charge in [-0.2, -0.15) is 0 Å². The zero-order valence-electron chi connectivity index (χ0n) is 10.9. The quantitative estimate of drug-likeness (QED) is 0.796. The van der Waals surface area contributed by atoms with Crippen LogP contribution in [0.25, 0.3) is 0 Å². The summed E-state index contributed by atoms with van der Waals surface area (Å²) in [5, 5.41) is 0. The maximum Gasteiger partial charge on any atom is 0.320 e. The van der Waals surface area contributed by atoms with E-state index in [2.05, 4.69) is 6.92 Å². The molecule has 0 aromatic carbocycles. The number of carbonyl (C=O) groups is 1. The number of amides is 2. The largest absolute Gasteiger partial charge is 0.328 e. The van der Waals surface area contributed by atoms with Gasteiger partial charge < -0.3 is 15.5 Å². The number of carbonyl (C=O) groups excluding carboxylic acids is 1. The summed E-state index contributed by atoms with van der Waals surface area (Å²) in [7, 11) is 0. The first-order valence-electron chi connectivity index (χ1n) is 7.01. The molecule has 2 fully saturated rings. The highest BCUT2D eigenvalue weighted by molar-refractivity contribution is 5.75. The highest BCUT2D eigenvalue weighted by atomic mass is 16.2. The van der Waals surface area contributed by atoms with E-state index in [0.29, 0.717) is 6.54 Å². The Bertz CT molecular complexity index is 263. The van der Waals surface area contributed by atoms with Gasteiger partial charge in [0.2, 0.25) is 0 Å². The van der Waals surface area contributed by atoms with Crippen molar-refractivity contribution in [2.75, 3.05) is 26.2 Å². The minimum absolute atomic E-state index is 0.229. The molecule has 2 amide bonds. The molecular formula is C13H25N3O. The second-order valence-electron chi connectivity index (χ2n) is 5.36. The fourth-order valence-corrected chi connectivity index (χ4v) is 3.07. The summed E-state index contributed by atoms with van der Waals surface area (Å²) in [6.07, 6.45) is 5.76. The molecule has 0 aliphatic carbocycles. The third-order valence-corrected chi connectivity index (χ3v) is 4.30. The Morgan fingerprint density at radius 2 is 2.00 bits per heavy atom. The van der Waals surface area contributed by atoms with Crippen molar-refractivity contribution in [1.29, 1.82) is 0 Å². The fraction of sp³-hybridized carbons (Fsp3) is 0.923. The maximum absolute atomic E-state index is 12.4. The first-order chi connectivity index (χ1) is 8.26. The molecule has 2 atom stereocenters. The Balaban J connectivity index is 1.96. The molecular weight excluding hydrogens is 214 g/mol. The van der Waals surface area contributed by atoms with Crippen molar-refractivity contribution in [3.63, 3.8) is 0 Å². The number of rotatable bonds is 2. The van der Waals surface area contributed by atoms with Crippen molar-refractivity contribution in [3.8, 4) is 0 Å². The number of nitrogens with zero attached hydrogens (tertiary/aromatic N) is 2. The van der Waals surface area contributed by atoms with E-state index >= 15 is 0 Å². The Morgan fingerprint density at radius 3 is 2.59 bits per heavy atom. The second kappa shape index (κ2) is 5.71. The smallest absolute Gasteiger partial charge is 0.320 e. The molecule has 4 heteroatoms. The third-order valence-electron chi connectivity index (χ3n) is 4.30. The molecule has 2 unspecified atom stereocenters. The van der Waals surface area contributed by atoms with Crippen molar-refractivity contribution in [3.05, 3.63) is 0 Å². The highest BCUT2D eigenvalue weighted by Crippen LogP contribution is 2.26. The molecule has 4 nitrogen and oxygen atoms in total. The highest BCUT2D eigenvalue weighted by Gasteiger charge is 2.33. The van der Waals surface area contributed by atoms with Gasteiger partial charge in [-0.05, 0) is 31.6 Å². The maximum atomic E-state index is 12.4. The summed E-state index contributed by atoms with van der Waals surface area (Å²) in [6, 6.07) is 0.495. The number of nitrogens with two attached hydrogens (primary N) is 1. The number of hydrogen-bond donors (Lipinski definition) is 1. The number of piperidine rings is 1. The van der Waals surface area contributed by atoms with Gasteiger partial charge in [0.15, 0.2) is 0 Å². The average Bonchev–Trinajstić information content (AvgIpc) is 2.91. The van der Waals surface area contributed by atoms with Crippen LogP contribution >= 0.6 is 0 Å². The minimum atomic E-state index is 0.229. The van der Waals surface area contributed by atoms with E-state index in [9.17, 15) is 4.79 Å². The van der Waals surface area contributed by atoms with E-state index in [4.69, 9.17) is 5.73 Å². The molecule has 2 aliphatic heterocycles. The molecule has 0 aromatic rings. The predicted octanol–water partition coefficient (Wildman–Crippen LogP) is 1.65. The van der Waals surface area contributed by atoms with Crippen molar-refractivity contribution in [2.24, 2.45) is 11.7 Å². The second-order valence-corrected chi connectivity index (χ2v) is 5.36. The van der Waals surface area contributed by atoms with Crippen molar-refractivity contribution < 1.29 is 4.79 Å². The molecule has 0 aromatic heterocycles. The molecule has 2 heterocycles. The van der Waals surface area contributed by atoms with Gasteiger partial charge in [0, 0.05) is 32.2 Å². The molecule has 2 N–H and O–H groups in total. The summed E-state index contributed by atoms with van der Waals surface area (Å²) < 4.78 is 0. The predicted molar refractivity (Wildman–Crippen MR) is 68.8 cm³/mol. The van der Waals surface area contributed by atoms with Crippen LogP contribution < -0.4 is 5.73 Å². The lowest BCUT2D eigenvalue weighted by Gasteiger charge is -2.40. The molecule has 0 radical (unpaired) electrons. The van der Waals surface area contributed by atoms with Crippen LogP contribution in [0.4, 0.5) is 4.79 Å². The Morgan fingerprint density at radius 1 is 1.29 bits per heavy atom. The molecule has 2 rings (SSSR count). The lowest BCUT2D eigenvalue weighted by molar-refractivity contribution is 0.105. The van der Waals surface area contributed by atoms with Gasteiger partial charge in [-0.25, -0.2) is 4.79 Å². The van der Waals surface area contributed by atoms with Crippen LogP contribution in [0.1, 0.15) is 39.0 Å². The van der Waals surface area contributed by atoms with Gasteiger partial charge in [0.1, 0.15) is 0 Å². The zero-order chi connectivity index (χ0) is 12.3. The van der Waals surface area contributed by atoms with Crippen LogP contribution in [0, 0.1) is 5.92 Å².